The highest BCUT2D eigenvalue weighted by Crippen LogP contribution is 2.27. The molecular formula is C23H30N2O3. The Morgan fingerprint density at radius 1 is 1.00 bits per heavy atom. The molecule has 0 saturated carbocycles. The quantitative estimate of drug-likeness (QED) is 0.793. The molecule has 5 nitrogen and oxygen atoms in total. The first-order valence-corrected chi connectivity index (χ1v) is 9.74. The zero-order chi connectivity index (χ0) is 20.3. The number of ether oxygens (including phenoxy) is 2. The van der Waals surface area contributed by atoms with E-state index in [2.05, 4.69) is 38.8 Å². The summed E-state index contributed by atoms with van der Waals surface area (Å²) in [5, 5.41) is 0. The second-order valence-electron chi connectivity index (χ2n) is 7.62. The van der Waals surface area contributed by atoms with E-state index in [4.69, 9.17) is 9.47 Å². The maximum absolute atomic E-state index is 12.9. The smallest absolute Gasteiger partial charge is 0.253 e. The van der Waals surface area contributed by atoms with Gasteiger partial charge in [0.15, 0.2) is 0 Å². The van der Waals surface area contributed by atoms with Crippen LogP contribution in [0.25, 0.3) is 0 Å². The highest BCUT2D eigenvalue weighted by molar-refractivity contribution is 5.94. The van der Waals surface area contributed by atoms with Gasteiger partial charge in [-0.05, 0) is 68.8 Å². The van der Waals surface area contributed by atoms with E-state index in [0.717, 1.165) is 48.8 Å². The van der Waals surface area contributed by atoms with Gasteiger partial charge in [-0.15, -0.1) is 0 Å². The van der Waals surface area contributed by atoms with Crippen LogP contribution in [0.15, 0.2) is 30.3 Å². The Kier molecular flexibility index (Phi) is 6.25. The van der Waals surface area contributed by atoms with Crippen LogP contribution >= 0.6 is 0 Å². The number of carbonyl (C=O) groups is 1. The zero-order valence-corrected chi connectivity index (χ0v) is 17.5. The van der Waals surface area contributed by atoms with Crippen molar-refractivity contribution < 1.29 is 14.3 Å². The summed E-state index contributed by atoms with van der Waals surface area (Å²) < 4.78 is 11.6. The van der Waals surface area contributed by atoms with Crippen LogP contribution in [0.2, 0.25) is 0 Å². The van der Waals surface area contributed by atoms with E-state index in [1.165, 1.54) is 11.1 Å². The van der Waals surface area contributed by atoms with Crippen molar-refractivity contribution in [2.75, 3.05) is 40.3 Å². The number of hydrogen-bond acceptors (Lipinski definition) is 4. The lowest BCUT2D eigenvalue weighted by Gasteiger charge is -2.32. The Hall–Kier alpha value is -2.53. The van der Waals surface area contributed by atoms with Gasteiger partial charge in [0.05, 0.1) is 7.11 Å². The minimum Gasteiger partial charge on any atom is -0.496 e. The zero-order valence-electron chi connectivity index (χ0n) is 17.5. The van der Waals surface area contributed by atoms with Gasteiger partial charge in [-0.25, -0.2) is 0 Å². The molecule has 1 amide bonds. The molecule has 0 aliphatic carbocycles. The predicted octanol–water partition coefficient (Wildman–Crippen LogP) is 3.59. The molecule has 1 saturated heterocycles. The molecule has 1 aliphatic heterocycles. The van der Waals surface area contributed by atoms with Crippen LogP contribution in [0.3, 0.4) is 0 Å². The van der Waals surface area contributed by atoms with Gasteiger partial charge in [0.1, 0.15) is 18.1 Å². The maximum atomic E-state index is 12.9. The van der Waals surface area contributed by atoms with Crippen molar-refractivity contribution in [3.8, 4) is 11.5 Å². The largest absolute Gasteiger partial charge is 0.496 e. The summed E-state index contributed by atoms with van der Waals surface area (Å²) in [5.74, 6) is 1.67. The number of amides is 1. The van der Waals surface area contributed by atoms with Crippen molar-refractivity contribution in [3.05, 3.63) is 58.1 Å². The van der Waals surface area contributed by atoms with E-state index in [9.17, 15) is 4.79 Å². The number of carbonyl (C=O) groups excluding carboxylic acids is 1. The first-order valence-electron chi connectivity index (χ1n) is 9.74. The third kappa shape index (κ3) is 4.47. The molecule has 1 fully saturated rings. The SMILES string of the molecule is COc1ccc(C(=O)N2CCN(C)CC2)cc1COc1cc(C)cc(C)c1C. The third-order valence-corrected chi connectivity index (χ3v) is 5.47. The third-order valence-electron chi connectivity index (χ3n) is 5.47. The van der Waals surface area contributed by atoms with Crippen LogP contribution in [-0.2, 0) is 6.61 Å². The Morgan fingerprint density at radius 3 is 2.39 bits per heavy atom. The van der Waals surface area contributed by atoms with Gasteiger partial charge in [-0.1, -0.05) is 6.07 Å². The number of hydrogen-bond donors (Lipinski definition) is 0. The number of piperazine rings is 1. The molecule has 0 unspecified atom stereocenters. The van der Waals surface area contributed by atoms with Crippen LogP contribution < -0.4 is 9.47 Å². The van der Waals surface area contributed by atoms with Crippen LogP contribution in [-0.4, -0.2) is 56.0 Å². The summed E-state index contributed by atoms with van der Waals surface area (Å²) >= 11 is 0. The fourth-order valence-electron chi connectivity index (χ4n) is 3.52. The molecule has 1 heterocycles. The summed E-state index contributed by atoms with van der Waals surface area (Å²) in [7, 11) is 3.72. The number of likely N-dealkylation sites (N-methyl/N-ethyl adjacent to an activating group) is 1. The molecule has 0 aromatic heterocycles. The summed E-state index contributed by atoms with van der Waals surface area (Å²) in [6.45, 7) is 9.91. The second-order valence-corrected chi connectivity index (χ2v) is 7.62. The highest BCUT2D eigenvalue weighted by Gasteiger charge is 2.21. The first-order chi connectivity index (χ1) is 13.4. The Bertz CT molecular complexity index is 855. The van der Waals surface area contributed by atoms with E-state index >= 15 is 0 Å². The van der Waals surface area contributed by atoms with Crippen LogP contribution in [0.1, 0.15) is 32.6 Å². The van der Waals surface area contributed by atoms with Gasteiger partial charge in [-0.2, -0.15) is 0 Å². The second kappa shape index (κ2) is 8.65. The van der Waals surface area contributed by atoms with Crippen molar-refractivity contribution in [1.29, 1.82) is 0 Å². The van der Waals surface area contributed by atoms with E-state index in [-0.39, 0.29) is 5.91 Å². The van der Waals surface area contributed by atoms with Crippen molar-refractivity contribution in [1.82, 2.24) is 9.80 Å². The normalized spacial score (nSPS) is 14.8. The molecule has 0 bridgehead atoms. The summed E-state index contributed by atoms with van der Waals surface area (Å²) in [6, 6.07) is 9.80. The highest BCUT2D eigenvalue weighted by atomic mass is 16.5. The molecular weight excluding hydrogens is 352 g/mol. The molecule has 0 spiro atoms. The molecule has 150 valence electrons. The molecule has 2 aromatic carbocycles. The summed E-state index contributed by atoms with van der Waals surface area (Å²) in [6.07, 6.45) is 0. The fourth-order valence-corrected chi connectivity index (χ4v) is 3.52. The minimum atomic E-state index is 0.0691. The monoisotopic (exact) mass is 382 g/mol. The van der Waals surface area contributed by atoms with E-state index in [1.54, 1.807) is 7.11 Å². The van der Waals surface area contributed by atoms with Crippen LogP contribution in [0, 0.1) is 20.8 Å². The maximum Gasteiger partial charge on any atom is 0.253 e. The van der Waals surface area contributed by atoms with Gasteiger partial charge in [0.25, 0.3) is 5.91 Å². The molecule has 0 atom stereocenters. The number of methoxy groups -OCH3 is 1. The number of benzene rings is 2. The van der Waals surface area contributed by atoms with Crippen LogP contribution in [0.4, 0.5) is 0 Å². The van der Waals surface area contributed by atoms with Gasteiger partial charge in [0.2, 0.25) is 0 Å². The standard InChI is InChI=1S/C23H30N2O3/c1-16-12-17(2)18(3)22(13-16)28-15-20-14-19(6-7-21(20)27-5)23(26)25-10-8-24(4)9-11-25/h6-7,12-14H,8-11,15H2,1-5H3. The van der Waals surface area contributed by atoms with E-state index in [0.29, 0.717) is 12.2 Å². The van der Waals surface area contributed by atoms with Crippen molar-refractivity contribution in [3.63, 3.8) is 0 Å². The van der Waals surface area contributed by atoms with Crippen molar-refractivity contribution in [2.24, 2.45) is 0 Å². The lowest BCUT2D eigenvalue weighted by atomic mass is 10.1. The topological polar surface area (TPSA) is 42.0 Å². The Morgan fingerprint density at radius 2 is 1.71 bits per heavy atom. The molecule has 2 aromatic rings. The minimum absolute atomic E-state index is 0.0691. The Labute approximate surface area is 167 Å². The van der Waals surface area contributed by atoms with Crippen molar-refractivity contribution >= 4 is 5.91 Å². The average Bonchev–Trinajstić information content (AvgIpc) is 2.69. The number of rotatable bonds is 5. The lowest BCUT2D eigenvalue weighted by molar-refractivity contribution is 0.0664. The molecule has 1 aliphatic rings. The van der Waals surface area contributed by atoms with E-state index in [1.807, 2.05) is 29.2 Å². The molecule has 28 heavy (non-hydrogen) atoms. The van der Waals surface area contributed by atoms with Gasteiger partial charge in [0, 0.05) is 37.3 Å². The van der Waals surface area contributed by atoms with Gasteiger partial charge >= 0.3 is 0 Å². The fraction of sp³-hybridized carbons (Fsp3) is 0.435. The molecule has 5 heteroatoms. The molecule has 3 rings (SSSR count). The lowest BCUT2D eigenvalue weighted by Crippen LogP contribution is -2.47. The van der Waals surface area contributed by atoms with Crippen LogP contribution in [0.5, 0.6) is 11.5 Å². The molecule has 0 N–H and O–H groups in total. The Balaban J connectivity index is 1.79. The van der Waals surface area contributed by atoms with Crippen molar-refractivity contribution in [2.45, 2.75) is 27.4 Å². The predicted molar refractivity (Wildman–Crippen MR) is 111 cm³/mol. The van der Waals surface area contributed by atoms with E-state index < -0.39 is 0 Å². The molecule has 0 radical (unpaired) electrons. The van der Waals surface area contributed by atoms with Gasteiger partial charge < -0.3 is 19.3 Å². The number of nitrogens with zero attached hydrogens (tertiary/aromatic N) is 2. The number of aryl methyl sites for hydroxylation is 2. The average molecular weight is 383 g/mol. The summed E-state index contributed by atoms with van der Waals surface area (Å²) in [5.41, 5.74) is 5.07. The summed E-state index contributed by atoms with van der Waals surface area (Å²) in [4.78, 5) is 17.1. The first kappa shape index (κ1) is 20.2. The van der Waals surface area contributed by atoms with Gasteiger partial charge in [-0.3, -0.25) is 4.79 Å².